The number of amides is 1. The van der Waals surface area contributed by atoms with Gasteiger partial charge in [-0.25, -0.2) is 0 Å². The predicted octanol–water partition coefficient (Wildman–Crippen LogP) is 0.818. The lowest BCUT2D eigenvalue weighted by Gasteiger charge is -2.33. The van der Waals surface area contributed by atoms with Gasteiger partial charge in [-0.15, -0.1) is 0 Å². The minimum atomic E-state index is -0.0660. The van der Waals surface area contributed by atoms with Crippen molar-refractivity contribution >= 4 is 5.91 Å². The van der Waals surface area contributed by atoms with Crippen molar-refractivity contribution in [1.29, 1.82) is 0 Å². The van der Waals surface area contributed by atoms with Gasteiger partial charge in [0.15, 0.2) is 0 Å². The lowest BCUT2D eigenvalue weighted by molar-refractivity contribution is -0.125. The number of carbonyl (C=O) groups excluding carboxylic acids is 1. The Bertz CT molecular complexity index is 235. The van der Waals surface area contributed by atoms with E-state index in [2.05, 4.69) is 24.1 Å². The third kappa shape index (κ3) is 5.04. The molecule has 0 aromatic carbocycles. The summed E-state index contributed by atoms with van der Waals surface area (Å²) in [7, 11) is 0. The molecule has 0 bridgehead atoms. The maximum atomic E-state index is 11.7. The number of piperidine rings is 1. The molecule has 3 N–H and O–H groups in total. The molecule has 1 fully saturated rings. The molecule has 4 heteroatoms. The van der Waals surface area contributed by atoms with E-state index < -0.39 is 0 Å². The van der Waals surface area contributed by atoms with E-state index >= 15 is 0 Å². The summed E-state index contributed by atoms with van der Waals surface area (Å²) in [6.45, 7) is 10.2. The Balaban J connectivity index is 2.25. The number of carbonyl (C=O) groups is 1. The summed E-state index contributed by atoms with van der Waals surface area (Å²) in [6, 6.07) is 0.347. The molecule has 1 aliphatic heterocycles. The SMILES string of the molecule is CC(C)CN1CCC(NC(=O)C(C)CN)CC1. The molecule has 0 aromatic heterocycles. The molecule has 100 valence electrons. The summed E-state index contributed by atoms with van der Waals surface area (Å²) < 4.78 is 0. The van der Waals surface area contributed by atoms with Crippen molar-refractivity contribution < 1.29 is 4.79 Å². The van der Waals surface area contributed by atoms with Crippen LogP contribution < -0.4 is 11.1 Å². The van der Waals surface area contributed by atoms with Crippen LogP contribution in [0.5, 0.6) is 0 Å². The van der Waals surface area contributed by atoms with Crippen molar-refractivity contribution in [3.05, 3.63) is 0 Å². The van der Waals surface area contributed by atoms with Gasteiger partial charge in [0, 0.05) is 38.1 Å². The zero-order chi connectivity index (χ0) is 12.8. The lowest BCUT2D eigenvalue weighted by atomic mass is 10.0. The van der Waals surface area contributed by atoms with Crippen LogP contribution >= 0.6 is 0 Å². The molecule has 1 heterocycles. The van der Waals surface area contributed by atoms with Gasteiger partial charge in [0.1, 0.15) is 0 Å². The molecule has 1 amide bonds. The van der Waals surface area contributed by atoms with E-state index in [1.807, 2.05) is 6.92 Å². The van der Waals surface area contributed by atoms with Gasteiger partial charge in [-0.2, -0.15) is 0 Å². The Labute approximate surface area is 105 Å². The molecule has 0 aliphatic carbocycles. The first-order chi connectivity index (χ1) is 8.02. The lowest BCUT2D eigenvalue weighted by Crippen LogP contribution is -2.47. The predicted molar refractivity (Wildman–Crippen MR) is 70.7 cm³/mol. The molecule has 1 aliphatic rings. The maximum absolute atomic E-state index is 11.7. The first kappa shape index (κ1) is 14.5. The van der Waals surface area contributed by atoms with Crippen molar-refractivity contribution in [2.24, 2.45) is 17.6 Å². The Morgan fingerprint density at radius 1 is 1.35 bits per heavy atom. The van der Waals surface area contributed by atoms with Crippen LogP contribution in [-0.4, -0.2) is 43.0 Å². The summed E-state index contributed by atoms with van der Waals surface area (Å²) in [5, 5.41) is 3.10. The zero-order valence-electron chi connectivity index (χ0n) is 11.4. The second-order valence-corrected chi connectivity index (χ2v) is 5.61. The minimum Gasteiger partial charge on any atom is -0.353 e. The number of nitrogens with two attached hydrogens (primary N) is 1. The van der Waals surface area contributed by atoms with Crippen LogP contribution in [0.3, 0.4) is 0 Å². The average Bonchev–Trinajstić information content (AvgIpc) is 2.30. The van der Waals surface area contributed by atoms with Gasteiger partial charge in [0.25, 0.3) is 0 Å². The fourth-order valence-electron chi connectivity index (χ4n) is 2.23. The summed E-state index contributed by atoms with van der Waals surface area (Å²) >= 11 is 0. The standard InChI is InChI=1S/C13H27N3O/c1-10(2)9-16-6-4-12(5-7-16)15-13(17)11(3)8-14/h10-12H,4-9,14H2,1-3H3,(H,15,17). The first-order valence-electron chi connectivity index (χ1n) is 6.75. The number of likely N-dealkylation sites (tertiary alicyclic amines) is 1. The van der Waals surface area contributed by atoms with Crippen molar-refractivity contribution in [2.75, 3.05) is 26.2 Å². The van der Waals surface area contributed by atoms with Gasteiger partial charge in [-0.3, -0.25) is 4.79 Å². The van der Waals surface area contributed by atoms with Crippen LogP contribution in [0.25, 0.3) is 0 Å². The van der Waals surface area contributed by atoms with E-state index in [1.54, 1.807) is 0 Å². The summed E-state index contributed by atoms with van der Waals surface area (Å²) in [4.78, 5) is 14.2. The second-order valence-electron chi connectivity index (χ2n) is 5.61. The Hall–Kier alpha value is -0.610. The van der Waals surface area contributed by atoms with Gasteiger partial charge in [0.2, 0.25) is 5.91 Å². The van der Waals surface area contributed by atoms with E-state index in [0.717, 1.165) is 31.8 Å². The van der Waals surface area contributed by atoms with Crippen LogP contribution in [0, 0.1) is 11.8 Å². The number of hydrogen-bond acceptors (Lipinski definition) is 3. The summed E-state index contributed by atoms with van der Waals surface area (Å²) in [5.74, 6) is 0.761. The molecule has 4 nitrogen and oxygen atoms in total. The van der Waals surface area contributed by atoms with Crippen molar-refractivity contribution in [1.82, 2.24) is 10.2 Å². The third-order valence-electron chi connectivity index (χ3n) is 3.36. The molecule has 17 heavy (non-hydrogen) atoms. The number of nitrogens with zero attached hydrogens (tertiary/aromatic N) is 1. The molecule has 1 unspecified atom stereocenters. The van der Waals surface area contributed by atoms with Crippen molar-refractivity contribution in [2.45, 2.75) is 39.7 Å². The highest BCUT2D eigenvalue weighted by molar-refractivity contribution is 5.78. The van der Waals surface area contributed by atoms with Crippen LogP contribution in [0.1, 0.15) is 33.6 Å². The van der Waals surface area contributed by atoms with Gasteiger partial charge in [-0.05, 0) is 18.8 Å². The smallest absolute Gasteiger partial charge is 0.224 e. The monoisotopic (exact) mass is 241 g/mol. The van der Waals surface area contributed by atoms with Gasteiger partial charge >= 0.3 is 0 Å². The molecule has 1 atom stereocenters. The molecule has 0 saturated carbocycles. The fourth-order valence-corrected chi connectivity index (χ4v) is 2.23. The Morgan fingerprint density at radius 3 is 2.41 bits per heavy atom. The van der Waals surface area contributed by atoms with Gasteiger partial charge < -0.3 is 16.0 Å². The highest BCUT2D eigenvalue weighted by Crippen LogP contribution is 2.12. The Morgan fingerprint density at radius 2 is 1.94 bits per heavy atom. The van der Waals surface area contributed by atoms with Crippen molar-refractivity contribution in [3.63, 3.8) is 0 Å². The molecule has 1 rings (SSSR count). The molecule has 1 saturated heterocycles. The second kappa shape index (κ2) is 6.97. The maximum Gasteiger partial charge on any atom is 0.224 e. The van der Waals surface area contributed by atoms with Gasteiger partial charge in [0.05, 0.1) is 0 Å². The topological polar surface area (TPSA) is 58.4 Å². The largest absolute Gasteiger partial charge is 0.353 e. The number of hydrogen-bond donors (Lipinski definition) is 2. The highest BCUT2D eigenvalue weighted by Gasteiger charge is 2.22. The van der Waals surface area contributed by atoms with E-state index in [9.17, 15) is 4.79 Å². The van der Waals surface area contributed by atoms with Crippen LogP contribution in [0.4, 0.5) is 0 Å². The van der Waals surface area contributed by atoms with E-state index in [-0.39, 0.29) is 11.8 Å². The summed E-state index contributed by atoms with van der Waals surface area (Å²) in [6.07, 6.45) is 2.13. The van der Waals surface area contributed by atoms with Gasteiger partial charge in [-0.1, -0.05) is 20.8 Å². The molecular weight excluding hydrogens is 214 g/mol. The number of nitrogens with one attached hydrogen (secondary N) is 1. The van der Waals surface area contributed by atoms with E-state index in [0.29, 0.717) is 12.6 Å². The van der Waals surface area contributed by atoms with Crippen LogP contribution in [0.2, 0.25) is 0 Å². The molecule has 0 radical (unpaired) electrons. The molecule has 0 aromatic rings. The first-order valence-corrected chi connectivity index (χ1v) is 6.75. The quantitative estimate of drug-likeness (QED) is 0.749. The minimum absolute atomic E-state index is 0.0660. The van der Waals surface area contributed by atoms with E-state index in [4.69, 9.17) is 5.73 Å². The zero-order valence-corrected chi connectivity index (χ0v) is 11.4. The van der Waals surface area contributed by atoms with Crippen LogP contribution in [-0.2, 0) is 4.79 Å². The summed E-state index contributed by atoms with van der Waals surface area (Å²) in [5.41, 5.74) is 5.49. The normalized spacial score (nSPS) is 20.5. The van der Waals surface area contributed by atoms with Crippen LogP contribution in [0.15, 0.2) is 0 Å². The fraction of sp³-hybridized carbons (Fsp3) is 0.923. The van der Waals surface area contributed by atoms with Crippen molar-refractivity contribution in [3.8, 4) is 0 Å². The third-order valence-corrected chi connectivity index (χ3v) is 3.36. The average molecular weight is 241 g/mol. The highest BCUT2D eigenvalue weighted by atomic mass is 16.1. The number of rotatable bonds is 5. The molecule has 0 spiro atoms. The Kier molecular flexibility index (Phi) is 5.92. The van der Waals surface area contributed by atoms with E-state index in [1.165, 1.54) is 6.54 Å². The molecular formula is C13H27N3O.